The summed E-state index contributed by atoms with van der Waals surface area (Å²) in [6.07, 6.45) is 4.98. The van der Waals surface area contributed by atoms with E-state index in [0.717, 1.165) is 26.0 Å². The van der Waals surface area contributed by atoms with Crippen LogP contribution in [-0.2, 0) is 14.3 Å². The molecule has 0 aromatic carbocycles. The SMILES string of the molecule is CCOC(=O)CNCCC1CCCCO1. The molecule has 1 N–H and O–H groups in total. The van der Waals surface area contributed by atoms with Gasteiger partial charge in [-0.3, -0.25) is 4.79 Å². The fourth-order valence-electron chi connectivity index (χ4n) is 1.70. The lowest BCUT2D eigenvalue weighted by molar-refractivity contribution is -0.142. The van der Waals surface area contributed by atoms with Crippen molar-refractivity contribution in [2.75, 3.05) is 26.3 Å². The van der Waals surface area contributed by atoms with E-state index in [4.69, 9.17) is 9.47 Å². The van der Waals surface area contributed by atoms with E-state index in [2.05, 4.69) is 5.32 Å². The highest BCUT2D eigenvalue weighted by molar-refractivity contribution is 5.71. The molecule has 0 spiro atoms. The number of nitrogens with one attached hydrogen (secondary N) is 1. The van der Waals surface area contributed by atoms with Crippen molar-refractivity contribution in [2.24, 2.45) is 0 Å². The maximum atomic E-state index is 11.0. The Labute approximate surface area is 91.3 Å². The van der Waals surface area contributed by atoms with E-state index < -0.39 is 0 Å². The first-order valence-electron chi connectivity index (χ1n) is 5.81. The van der Waals surface area contributed by atoms with E-state index in [1.165, 1.54) is 12.8 Å². The maximum Gasteiger partial charge on any atom is 0.319 e. The van der Waals surface area contributed by atoms with Gasteiger partial charge in [-0.2, -0.15) is 0 Å². The van der Waals surface area contributed by atoms with Gasteiger partial charge in [-0.25, -0.2) is 0 Å². The molecule has 1 saturated heterocycles. The second kappa shape index (κ2) is 7.65. The van der Waals surface area contributed by atoms with E-state index in [-0.39, 0.29) is 5.97 Å². The molecule has 0 aliphatic carbocycles. The average Bonchev–Trinajstić information content (AvgIpc) is 2.26. The summed E-state index contributed by atoms with van der Waals surface area (Å²) in [5, 5.41) is 3.06. The fraction of sp³-hybridized carbons (Fsp3) is 0.909. The predicted molar refractivity (Wildman–Crippen MR) is 57.7 cm³/mol. The van der Waals surface area contributed by atoms with Crippen molar-refractivity contribution in [3.63, 3.8) is 0 Å². The lowest BCUT2D eigenvalue weighted by atomic mass is 10.1. The minimum absolute atomic E-state index is 0.179. The molecule has 88 valence electrons. The molecular formula is C11H21NO3. The summed E-state index contributed by atoms with van der Waals surface area (Å²) in [5.41, 5.74) is 0. The summed E-state index contributed by atoms with van der Waals surface area (Å²) >= 11 is 0. The zero-order chi connectivity index (χ0) is 10.9. The van der Waals surface area contributed by atoms with Gasteiger partial charge in [-0.05, 0) is 39.2 Å². The molecule has 1 fully saturated rings. The van der Waals surface area contributed by atoms with Gasteiger partial charge in [0.2, 0.25) is 0 Å². The molecule has 4 heteroatoms. The summed E-state index contributed by atoms with van der Waals surface area (Å²) < 4.78 is 10.4. The highest BCUT2D eigenvalue weighted by atomic mass is 16.5. The molecule has 0 aromatic rings. The van der Waals surface area contributed by atoms with Gasteiger partial charge < -0.3 is 14.8 Å². The summed E-state index contributed by atoms with van der Waals surface area (Å²) in [5.74, 6) is -0.179. The van der Waals surface area contributed by atoms with Crippen LogP contribution in [0.3, 0.4) is 0 Å². The van der Waals surface area contributed by atoms with Crippen LogP contribution in [-0.4, -0.2) is 38.4 Å². The second-order valence-electron chi connectivity index (χ2n) is 3.76. The number of rotatable bonds is 6. The zero-order valence-corrected chi connectivity index (χ0v) is 9.46. The van der Waals surface area contributed by atoms with E-state index in [9.17, 15) is 4.79 Å². The summed E-state index contributed by atoms with van der Waals surface area (Å²) in [4.78, 5) is 11.0. The highest BCUT2D eigenvalue weighted by Crippen LogP contribution is 2.14. The first kappa shape index (κ1) is 12.5. The maximum absolute atomic E-state index is 11.0. The number of carbonyl (C=O) groups is 1. The Morgan fingerprint density at radius 3 is 3.07 bits per heavy atom. The van der Waals surface area contributed by atoms with Crippen molar-refractivity contribution < 1.29 is 14.3 Å². The molecule has 1 heterocycles. The first-order chi connectivity index (χ1) is 7.33. The minimum Gasteiger partial charge on any atom is -0.465 e. The molecule has 15 heavy (non-hydrogen) atoms. The van der Waals surface area contributed by atoms with Crippen LogP contribution >= 0.6 is 0 Å². The van der Waals surface area contributed by atoms with Crippen LogP contribution in [0.1, 0.15) is 32.6 Å². The molecule has 1 rings (SSSR count). The van der Waals surface area contributed by atoms with Crippen molar-refractivity contribution in [2.45, 2.75) is 38.7 Å². The number of carbonyl (C=O) groups excluding carboxylic acids is 1. The Kier molecular flexibility index (Phi) is 6.36. The second-order valence-corrected chi connectivity index (χ2v) is 3.76. The molecule has 0 amide bonds. The Balaban J connectivity index is 1.93. The van der Waals surface area contributed by atoms with E-state index in [1.54, 1.807) is 0 Å². The van der Waals surface area contributed by atoms with E-state index in [0.29, 0.717) is 19.3 Å². The summed E-state index contributed by atoms with van der Waals surface area (Å²) in [7, 11) is 0. The van der Waals surface area contributed by atoms with Gasteiger partial charge in [0, 0.05) is 6.61 Å². The number of hydrogen-bond acceptors (Lipinski definition) is 4. The van der Waals surface area contributed by atoms with Crippen LogP contribution in [0.25, 0.3) is 0 Å². The van der Waals surface area contributed by atoms with Gasteiger partial charge in [0.1, 0.15) is 0 Å². The molecule has 1 unspecified atom stereocenters. The average molecular weight is 215 g/mol. The van der Waals surface area contributed by atoms with Crippen molar-refractivity contribution in [1.82, 2.24) is 5.32 Å². The van der Waals surface area contributed by atoms with Gasteiger partial charge in [-0.15, -0.1) is 0 Å². The van der Waals surface area contributed by atoms with Crippen molar-refractivity contribution in [3.8, 4) is 0 Å². The molecule has 0 saturated carbocycles. The van der Waals surface area contributed by atoms with Crippen molar-refractivity contribution in [3.05, 3.63) is 0 Å². The molecule has 0 aromatic heterocycles. The summed E-state index contributed by atoms with van der Waals surface area (Å²) in [6.45, 7) is 4.28. The topological polar surface area (TPSA) is 47.6 Å². The Morgan fingerprint density at radius 2 is 2.40 bits per heavy atom. The van der Waals surface area contributed by atoms with E-state index in [1.807, 2.05) is 6.92 Å². The Hall–Kier alpha value is -0.610. The molecule has 1 aliphatic heterocycles. The largest absolute Gasteiger partial charge is 0.465 e. The Morgan fingerprint density at radius 1 is 1.53 bits per heavy atom. The monoisotopic (exact) mass is 215 g/mol. The normalized spacial score (nSPS) is 21.3. The fourth-order valence-corrected chi connectivity index (χ4v) is 1.70. The molecule has 1 aliphatic rings. The first-order valence-corrected chi connectivity index (χ1v) is 5.81. The minimum atomic E-state index is -0.179. The smallest absolute Gasteiger partial charge is 0.319 e. The third-order valence-electron chi connectivity index (χ3n) is 2.49. The van der Waals surface area contributed by atoms with Gasteiger partial charge >= 0.3 is 5.97 Å². The molecule has 1 atom stereocenters. The third-order valence-corrected chi connectivity index (χ3v) is 2.49. The molecule has 0 radical (unpaired) electrons. The number of esters is 1. The van der Waals surface area contributed by atoms with Gasteiger partial charge in [0.15, 0.2) is 0 Å². The van der Waals surface area contributed by atoms with Crippen LogP contribution in [0, 0.1) is 0 Å². The van der Waals surface area contributed by atoms with Crippen LogP contribution in [0.15, 0.2) is 0 Å². The van der Waals surface area contributed by atoms with Crippen molar-refractivity contribution in [1.29, 1.82) is 0 Å². The van der Waals surface area contributed by atoms with Crippen LogP contribution in [0.2, 0.25) is 0 Å². The lowest BCUT2D eigenvalue weighted by Crippen LogP contribution is -2.29. The van der Waals surface area contributed by atoms with Crippen molar-refractivity contribution >= 4 is 5.97 Å². The van der Waals surface area contributed by atoms with Gasteiger partial charge in [-0.1, -0.05) is 0 Å². The molecular weight excluding hydrogens is 194 g/mol. The third kappa shape index (κ3) is 5.74. The highest BCUT2D eigenvalue weighted by Gasteiger charge is 2.13. The van der Waals surface area contributed by atoms with Gasteiger partial charge in [0.25, 0.3) is 0 Å². The van der Waals surface area contributed by atoms with Crippen LogP contribution in [0.5, 0.6) is 0 Å². The number of ether oxygens (including phenoxy) is 2. The zero-order valence-electron chi connectivity index (χ0n) is 9.46. The predicted octanol–water partition coefficient (Wildman–Crippen LogP) is 1.10. The quantitative estimate of drug-likeness (QED) is 0.532. The number of hydrogen-bond donors (Lipinski definition) is 1. The van der Waals surface area contributed by atoms with Crippen LogP contribution < -0.4 is 5.32 Å². The molecule has 0 bridgehead atoms. The summed E-state index contributed by atoms with van der Waals surface area (Å²) in [6, 6.07) is 0. The van der Waals surface area contributed by atoms with E-state index >= 15 is 0 Å². The van der Waals surface area contributed by atoms with Crippen LogP contribution in [0.4, 0.5) is 0 Å². The lowest BCUT2D eigenvalue weighted by Gasteiger charge is -2.22. The standard InChI is InChI=1S/C11H21NO3/c1-2-14-11(13)9-12-7-6-10-5-3-4-8-15-10/h10,12H,2-9H2,1H3. The van der Waals surface area contributed by atoms with Gasteiger partial charge in [0.05, 0.1) is 19.3 Å². The Bertz CT molecular complexity index is 179. The molecule has 4 nitrogen and oxygen atoms in total.